The van der Waals surface area contributed by atoms with E-state index in [1.165, 1.54) is 43.7 Å². The van der Waals surface area contributed by atoms with E-state index in [-0.39, 0.29) is 10.8 Å². The van der Waals surface area contributed by atoms with Crippen LogP contribution in [0, 0.1) is 11.7 Å². The van der Waals surface area contributed by atoms with Gasteiger partial charge in [-0.05, 0) is 36.5 Å². The van der Waals surface area contributed by atoms with Crippen LogP contribution >= 0.6 is 27.5 Å². The molecule has 0 unspecified atom stereocenters. The maximum atomic E-state index is 13.4. The Morgan fingerprint density at radius 3 is 2.67 bits per heavy atom. The normalized spacial score (nSPS) is 18.1. The Bertz CT molecular complexity index is 436. The topological polar surface area (TPSA) is 0 Å². The molecule has 1 fully saturated rings. The number of alkyl halides is 1. The Kier molecular flexibility index (Phi) is 5.25. The van der Waals surface area contributed by atoms with Crippen LogP contribution in [0.1, 0.15) is 37.7 Å². The summed E-state index contributed by atoms with van der Waals surface area (Å²) in [5, 5.41) is 1.05. The number of hydrogen-bond donors (Lipinski definition) is 0. The van der Waals surface area contributed by atoms with E-state index in [1.807, 2.05) is 6.07 Å². The third-order valence-electron chi connectivity index (χ3n) is 3.58. The summed E-state index contributed by atoms with van der Waals surface area (Å²) in [7, 11) is 0. The molecule has 1 saturated carbocycles. The van der Waals surface area contributed by atoms with Gasteiger partial charge in [0.2, 0.25) is 0 Å². The maximum Gasteiger partial charge on any atom is 0.142 e. The van der Waals surface area contributed by atoms with Gasteiger partial charge >= 0.3 is 0 Å². The van der Waals surface area contributed by atoms with Gasteiger partial charge in [-0.1, -0.05) is 64.5 Å². The van der Waals surface area contributed by atoms with E-state index in [1.54, 1.807) is 6.07 Å². The monoisotopic (exact) mass is 330 g/mol. The van der Waals surface area contributed by atoms with Gasteiger partial charge in [0.05, 0.1) is 5.02 Å². The second kappa shape index (κ2) is 6.72. The first-order chi connectivity index (χ1) is 8.70. The predicted octanol–water partition coefficient (Wildman–Crippen LogP) is 5.84. The Morgan fingerprint density at radius 1 is 1.33 bits per heavy atom. The molecule has 0 atom stereocenters. The summed E-state index contributed by atoms with van der Waals surface area (Å²) < 4.78 is 13.4. The molecule has 0 nitrogen and oxygen atoms in total. The SMILES string of the molecule is Fc1cc(C=C(CBr)C2CCCCC2)ccc1Cl. The molecule has 0 N–H and O–H groups in total. The number of rotatable bonds is 3. The zero-order valence-corrected chi connectivity index (χ0v) is 12.6. The molecule has 18 heavy (non-hydrogen) atoms. The van der Waals surface area contributed by atoms with Gasteiger partial charge < -0.3 is 0 Å². The van der Waals surface area contributed by atoms with Gasteiger partial charge in [-0.15, -0.1) is 0 Å². The molecule has 98 valence electrons. The van der Waals surface area contributed by atoms with Crippen LogP contribution in [-0.4, -0.2) is 5.33 Å². The van der Waals surface area contributed by atoms with E-state index in [0.717, 1.165) is 10.9 Å². The van der Waals surface area contributed by atoms with E-state index in [9.17, 15) is 4.39 Å². The standard InChI is InChI=1S/C15H17BrClF/c16-10-13(12-4-2-1-3-5-12)8-11-6-7-14(17)15(18)9-11/h6-9,12H,1-5,10H2. The molecule has 0 spiro atoms. The molecule has 0 amide bonds. The van der Waals surface area contributed by atoms with E-state index in [4.69, 9.17) is 11.6 Å². The minimum absolute atomic E-state index is 0.185. The summed E-state index contributed by atoms with van der Waals surface area (Å²) in [4.78, 5) is 0. The van der Waals surface area contributed by atoms with Gasteiger partial charge in [-0.2, -0.15) is 0 Å². The summed E-state index contributed by atoms with van der Waals surface area (Å²) in [5.74, 6) is 0.305. The smallest absolute Gasteiger partial charge is 0.142 e. The average molecular weight is 332 g/mol. The molecule has 3 heteroatoms. The van der Waals surface area contributed by atoms with Crippen molar-refractivity contribution in [1.82, 2.24) is 0 Å². The van der Waals surface area contributed by atoms with Crippen molar-refractivity contribution >= 4 is 33.6 Å². The minimum Gasteiger partial charge on any atom is -0.205 e. The van der Waals surface area contributed by atoms with Gasteiger partial charge in [0.1, 0.15) is 5.82 Å². The van der Waals surface area contributed by atoms with Crippen molar-refractivity contribution in [2.24, 2.45) is 5.92 Å². The molecule has 0 heterocycles. The average Bonchev–Trinajstić information content (AvgIpc) is 2.41. The summed E-state index contributed by atoms with van der Waals surface area (Å²) in [6.07, 6.45) is 8.58. The van der Waals surface area contributed by atoms with Crippen LogP contribution in [0.4, 0.5) is 4.39 Å². The van der Waals surface area contributed by atoms with E-state index in [0.29, 0.717) is 5.92 Å². The molecule has 1 aromatic rings. The highest BCUT2D eigenvalue weighted by molar-refractivity contribution is 9.09. The van der Waals surface area contributed by atoms with Gasteiger partial charge in [0.25, 0.3) is 0 Å². The third-order valence-corrected chi connectivity index (χ3v) is 4.53. The second-order valence-corrected chi connectivity index (χ2v) is 5.83. The first kappa shape index (κ1) is 14.1. The van der Waals surface area contributed by atoms with Crippen molar-refractivity contribution in [2.45, 2.75) is 32.1 Å². The maximum absolute atomic E-state index is 13.4. The van der Waals surface area contributed by atoms with Crippen LogP contribution in [0.25, 0.3) is 6.08 Å². The lowest BCUT2D eigenvalue weighted by Gasteiger charge is -2.23. The number of hydrogen-bond acceptors (Lipinski definition) is 0. The number of allylic oxidation sites excluding steroid dienone is 1. The summed E-state index contributed by atoms with van der Waals surface area (Å²) >= 11 is 9.25. The van der Waals surface area contributed by atoms with Crippen LogP contribution in [0.5, 0.6) is 0 Å². The van der Waals surface area contributed by atoms with Crippen molar-refractivity contribution in [3.63, 3.8) is 0 Å². The Hall–Kier alpha value is -0.340. The highest BCUT2D eigenvalue weighted by atomic mass is 79.9. The number of benzene rings is 1. The van der Waals surface area contributed by atoms with Crippen LogP contribution in [0.15, 0.2) is 23.8 Å². The van der Waals surface area contributed by atoms with Crippen LogP contribution in [-0.2, 0) is 0 Å². The summed E-state index contributed by atoms with van der Waals surface area (Å²) in [6, 6.07) is 5.00. The molecule has 0 aromatic heterocycles. The van der Waals surface area contributed by atoms with Crippen molar-refractivity contribution in [1.29, 1.82) is 0 Å². The van der Waals surface area contributed by atoms with Crippen molar-refractivity contribution in [2.75, 3.05) is 5.33 Å². The fraction of sp³-hybridized carbons (Fsp3) is 0.467. The Balaban J connectivity index is 2.19. The van der Waals surface area contributed by atoms with Crippen molar-refractivity contribution in [3.05, 3.63) is 40.2 Å². The lowest BCUT2D eigenvalue weighted by Crippen LogP contribution is -2.10. The van der Waals surface area contributed by atoms with Gasteiger partial charge in [0.15, 0.2) is 0 Å². The largest absolute Gasteiger partial charge is 0.205 e. The van der Waals surface area contributed by atoms with Gasteiger partial charge in [-0.25, -0.2) is 4.39 Å². The molecule has 1 aromatic carbocycles. The fourth-order valence-electron chi connectivity index (χ4n) is 2.56. The fourth-order valence-corrected chi connectivity index (χ4v) is 3.29. The molecule has 0 bridgehead atoms. The zero-order chi connectivity index (χ0) is 13.0. The highest BCUT2D eigenvalue weighted by Crippen LogP contribution is 2.32. The Labute approximate surface area is 121 Å². The van der Waals surface area contributed by atoms with E-state index in [2.05, 4.69) is 22.0 Å². The molecule has 1 aliphatic carbocycles. The lowest BCUT2D eigenvalue weighted by molar-refractivity contribution is 0.405. The molecular formula is C15H17BrClF. The minimum atomic E-state index is -0.344. The Morgan fingerprint density at radius 2 is 2.06 bits per heavy atom. The molecular weight excluding hydrogens is 315 g/mol. The van der Waals surface area contributed by atoms with Crippen LogP contribution in [0.2, 0.25) is 5.02 Å². The van der Waals surface area contributed by atoms with Gasteiger partial charge in [0, 0.05) is 5.33 Å². The first-order valence-electron chi connectivity index (χ1n) is 6.42. The van der Waals surface area contributed by atoms with E-state index >= 15 is 0 Å². The van der Waals surface area contributed by atoms with Crippen molar-refractivity contribution < 1.29 is 4.39 Å². The molecule has 2 rings (SSSR count). The number of halogens is 3. The predicted molar refractivity (Wildman–Crippen MR) is 79.8 cm³/mol. The first-order valence-corrected chi connectivity index (χ1v) is 7.92. The summed E-state index contributed by atoms with van der Waals surface area (Å²) in [6.45, 7) is 0. The third kappa shape index (κ3) is 3.58. The zero-order valence-electron chi connectivity index (χ0n) is 10.3. The quantitative estimate of drug-likeness (QED) is 0.611. The van der Waals surface area contributed by atoms with Crippen LogP contribution < -0.4 is 0 Å². The van der Waals surface area contributed by atoms with Crippen LogP contribution in [0.3, 0.4) is 0 Å². The molecule has 0 radical (unpaired) electrons. The van der Waals surface area contributed by atoms with Crippen molar-refractivity contribution in [3.8, 4) is 0 Å². The second-order valence-electron chi connectivity index (χ2n) is 4.86. The van der Waals surface area contributed by atoms with E-state index < -0.39 is 0 Å². The lowest BCUT2D eigenvalue weighted by atomic mass is 9.84. The van der Waals surface area contributed by atoms with Gasteiger partial charge in [-0.3, -0.25) is 0 Å². The molecule has 0 saturated heterocycles. The molecule has 1 aliphatic rings. The summed E-state index contributed by atoms with van der Waals surface area (Å²) in [5.41, 5.74) is 2.27. The highest BCUT2D eigenvalue weighted by Gasteiger charge is 2.17. The molecule has 0 aliphatic heterocycles.